The van der Waals surface area contributed by atoms with Crippen LogP contribution >= 0.6 is 0 Å². The van der Waals surface area contributed by atoms with Crippen molar-refractivity contribution in [2.75, 3.05) is 0 Å². The van der Waals surface area contributed by atoms with E-state index >= 15 is 0 Å². The Morgan fingerprint density at radius 1 is 0.423 bits per heavy atom. The second-order valence-corrected chi connectivity index (χ2v) is 13.9. The van der Waals surface area contributed by atoms with Crippen LogP contribution in [-0.4, -0.2) is 4.57 Å². The van der Waals surface area contributed by atoms with E-state index < -0.39 is 0 Å². The van der Waals surface area contributed by atoms with E-state index in [0.717, 1.165) is 95.5 Å². The molecular formula is C48H29NO3. The number of benzene rings is 7. The Morgan fingerprint density at radius 2 is 0.942 bits per heavy atom. The highest BCUT2D eigenvalue weighted by Gasteiger charge is 2.22. The zero-order valence-electron chi connectivity index (χ0n) is 28.0. The van der Waals surface area contributed by atoms with Gasteiger partial charge < -0.3 is 17.8 Å². The number of rotatable bonds is 3. The summed E-state index contributed by atoms with van der Waals surface area (Å²) in [5.41, 5.74) is 12.4. The van der Waals surface area contributed by atoms with Crippen LogP contribution in [0.15, 0.2) is 159 Å². The first-order valence-corrected chi connectivity index (χ1v) is 17.9. The van der Waals surface area contributed by atoms with E-state index in [-0.39, 0.29) is 0 Å². The van der Waals surface area contributed by atoms with Gasteiger partial charge in [0, 0.05) is 60.2 Å². The summed E-state index contributed by atoms with van der Waals surface area (Å²) in [7, 11) is 0. The molecule has 0 spiro atoms. The summed E-state index contributed by atoms with van der Waals surface area (Å²) in [4.78, 5) is 0. The molecule has 0 N–H and O–H groups in total. The summed E-state index contributed by atoms with van der Waals surface area (Å²) in [6, 6.07) is 51.6. The van der Waals surface area contributed by atoms with Gasteiger partial charge in [-0.1, -0.05) is 91.0 Å². The largest absolute Gasteiger partial charge is 0.456 e. The van der Waals surface area contributed by atoms with Gasteiger partial charge in [0.25, 0.3) is 0 Å². The fraction of sp³-hybridized carbons (Fsp3) is 0.0417. The smallest absolute Gasteiger partial charge is 0.137 e. The first-order chi connectivity index (χ1) is 25.8. The van der Waals surface area contributed by atoms with Crippen molar-refractivity contribution in [1.82, 2.24) is 4.57 Å². The summed E-state index contributed by atoms with van der Waals surface area (Å²) in [6.45, 7) is 0. The van der Waals surface area contributed by atoms with E-state index in [1.807, 2.05) is 36.4 Å². The quantitative estimate of drug-likeness (QED) is 0.188. The molecule has 0 aliphatic heterocycles. The van der Waals surface area contributed by atoms with E-state index in [9.17, 15) is 0 Å². The predicted octanol–water partition coefficient (Wildman–Crippen LogP) is 11.8. The molecule has 11 aromatic rings. The minimum Gasteiger partial charge on any atom is -0.456 e. The summed E-state index contributed by atoms with van der Waals surface area (Å²) in [5.74, 6) is 0. The summed E-state index contributed by atoms with van der Waals surface area (Å²) in [5, 5.41) is 10.5. The number of fused-ring (bicyclic) bond motifs is 12. The lowest BCUT2D eigenvalue weighted by Gasteiger charge is -2.15. The molecule has 52 heavy (non-hydrogen) atoms. The number of furan rings is 3. The fourth-order valence-electron chi connectivity index (χ4n) is 8.78. The Kier molecular flexibility index (Phi) is 5.58. The van der Waals surface area contributed by atoms with Crippen LogP contribution in [0, 0.1) is 0 Å². The maximum atomic E-state index is 6.47. The molecule has 0 unspecified atom stereocenters. The summed E-state index contributed by atoms with van der Waals surface area (Å²) in [6.07, 6.45) is 4.29. The van der Waals surface area contributed by atoms with Gasteiger partial charge in [0.1, 0.15) is 33.5 Å². The van der Waals surface area contributed by atoms with Crippen molar-refractivity contribution in [3.05, 3.63) is 162 Å². The minimum atomic E-state index is 0.875. The molecule has 0 saturated heterocycles. The number of hydrogen-bond donors (Lipinski definition) is 0. The molecule has 0 saturated carbocycles. The molecule has 4 heteroatoms. The van der Waals surface area contributed by atoms with E-state index in [1.54, 1.807) is 0 Å². The molecule has 4 aromatic heterocycles. The minimum absolute atomic E-state index is 0.875. The highest BCUT2D eigenvalue weighted by atomic mass is 16.3. The van der Waals surface area contributed by atoms with Crippen molar-refractivity contribution in [3.8, 4) is 16.8 Å². The second-order valence-electron chi connectivity index (χ2n) is 13.9. The Balaban J connectivity index is 1.19. The van der Waals surface area contributed by atoms with Crippen molar-refractivity contribution in [3.63, 3.8) is 0 Å². The molecule has 1 aliphatic rings. The molecule has 0 radical (unpaired) electrons. The lowest BCUT2D eigenvalue weighted by molar-refractivity contribution is 0.668. The Hall–Kier alpha value is -6.78. The Bertz CT molecular complexity index is 3420. The van der Waals surface area contributed by atoms with Crippen molar-refractivity contribution < 1.29 is 13.3 Å². The van der Waals surface area contributed by atoms with Crippen LogP contribution in [0.1, 0.15) is 18.4 Å². The predicted molar refractivity (Wildman–Crippen MR) is 212 cm³/mol. The van der Waals surface area contributed by atoms with Gasteiger partial charge in [-0.2, -0.15) is 0 Å². The molecule has 0 bridgehead atoms. The van der Waals surface area contributed by atoms with Gasteiger partial charge in [-0.25, -0.2) is 0 Å². The zero-order chi connectivity index (χ0) is 33.9. The maximum Gasteiger partial charge on any atom is 0.137 e. The summed E-state index contributed by atoms with van der Waals surface area (Å²) >= 11 is 0. The Morgan fingerprint density at radius 3 is 1.60 bits per heavy atom. The first kappa shape index (κ1) is 28.0. The highest BCUT2D eigenvalue weighted by molar-refractivity contribution is 6.09. The van der Waals surface area contributed by atoms with Gasteiger partial charge in [-0.15, -0.1) is 0 Å². The van der Waals surface area contributed by atoms with Gasteiger partial charge in [0.2, 0.25) is 0 Å². The molecule has 7 aromatic carbocycles. The average Bonchev–Trinajstić information content (AvgIpc) is 3.95. The van der Waals surface area contributed by atoms with Gasteiger partial charge in [0.15, 0.2) is 0 Å². The monoisotopic (exact) mass is 667 g/mol. The lowest BCUT2D eigenvalue weighted by atomic mass is 9.95. The van der Waals surface area contributed by atoms with E-state index in [1.165, 1.54) is 32.6 Å². The molecule has 0 amide bonds. The van der Waals surface area contributed by atoms with Crippen LogP contribution in [0.2, 0.25) is 0 Å². The van der Waals surface area contributed by atoms with E-state index in [4.69, 9.17) is 13.3 Å². The molecular weight excluding hydrogens is 639 g/mol. The number of hydrogen-bond acceptors (Lipinski definition) is 3. The number of para-hydroxylation sites is 4. The van der Waals surface area contributed by atoms with Crippen molar-refractivity contribution in [2.24, 2.45) is 0 Å². The molecule has 12 rings (SSSR count). The molecule has 1 aliphatic carbocycles. The van der Waals surface area contributed by atoms with Gasteiger partial charge in [-0.3, -0.25) is 0 Å². The molecule has 0 fully saturated rings. The van der Waals surface area contributed by atoms with Crippen LogP contribution in [0.4, 0.5) is 0 Å². The molecule has 0 atom stereocenters. The highest BCUT2D eigenvalue weighted by Crippen LogP contribution is 2.37. The van der Waals surface area contributed by atoms with Crippen molar-refractivity contribution in [2.45, 2.75) is 12.8 Å². The number of aromatic nitrogens is 1. The fourth-order valence-corrected chi connectivity index (χ4v) is 8.78. The van der Waals surface area contributed by atoms with Crippen LogP contribution < -0.4 is 10.6 Å². The van der Waals surface area contributed by atoms with Crippen molar-refractivity contribution >= 4 is 88.4 Å². The average molecular weight is 668 g/mol. The summed E-state index contributed by atoms with van der Waals surface area (Å²) < 4.78 is 21.8. The van der Waals surface area contributed by atoms with E-state index in [2.05, 4.69) is 120 Å². The maximum absolute atomic E-state index is 6.47. The standard InChI is InChI=1S/C48H29NO3/c1-4-16-41-33(9-1)36-22-19-28(25-44(36)50-41)31-12-7-14-39-40-15-8-13-32(29-20-23-37-34-10-2-5-17-42(34)51-45(37)26-29)48(40)49(47(31)39)30-21-24-38-35-11-3-6-18-43(35)52-46(38)27-30/h1-7,9-12,14-27H,8,13H2. The Labute approximate surface area is 296 Å². The molecule has 4 heterocycles. The number of nitrogens with zero attached hydrogens (tertiary/aromatic N) is 1. The first-order valence-electron chi connectivity index (χ1n) is 17.9. The van der Waals surface area contributed by atoms with Crippen LogP contribution in [-0.2, 0) is 0 Å². The third kappa shape index (κ3) is 3.86. The normalized spacial score (nSPS) is 13.3. The topological polar surface area (TPSA) is 44.4 Å². The van der Waals surface area contributed by atoms with E-state index in [0.29, 0.717) is 0 Å². The third-order valence-electron chi connectivity index (χ3n) is 11.1. The van der Waals surface area contributed by atoms with Crippen LogP contribution in [0.25, 0.3) is 105 Å². The van der Waals surface area contributed by atoms with Crippen LogP contribution in [0.3, 0.4) is 0 Å². The third-order valence-corrected chi connectivity index (χ3v) is 11.1. The molecule has 244 valence electrons. The van der Waals surface area contributed by atoms with Gasteiger partial charge in [-0.05, 0) is 84.1 Å². The lowest BCUT2D eigenvalue weighted by Crippen LogP contribution is -2.33. The zero-order valence-corrected chi connectivity index (χ0v) is 28.0. The second kappa shape index (κ2) is 10.4. The van der Waals surface area contributed by atoms with Crippen LogP contribution in [0.5, 0.6) is 0 Å². The van der Waals surface area contributed by atoms with Crippen molar-refractivity contribution in [1.29, 1.82) is 0 Å². The SMILES string of the molecule is C1=c2c(n(-c3ccc4c(c3)oc3ccccc34)c3c(-c4ccc5c(c4)oc4ccccc45)cccc23)=C(c2ccc3c(c2)oc2ccccc23)CC1. The van der Waals surface area contributed by atoms with Gasteiger partial charge >= 0.3 is 0 Å². The van der Waals surface area contributed by atoms with Gasteiger partial charge in [0.05, 0.1) is 10.9 Å². The molecule has 4 nitrogen and oxygen atoms in total.